The fourth-order valence-electron chi connectivity index (χ4n) is 2.91. The quantitative estimate of drug-likeness (QED) is 0.602. The Morgan fingerprint density at radius 2 is 1.95 bits per heavy atom. The molecule has 0 amide bonds. The van der Waals surface area contributed by atoms with E-state index in [-0.39, 0.29) is 5.97 Å². The number of nitrogens with zero attached hydrogens (tertiary/aromatic N) is 1. The zero-order chi connectivity index (χ0) is 13.1. The average Bonchev–Trinajstić information content (AvgIpc) is 2.87. The third-order valence-corrected chi connectivity index (χ3v) is 3.87. The fourth-order valence-corrected chi connectivity index (χ4v) is 2.91. The lowest BCUT2D eigenvalue weighted by Crippen LogP contribution is -2.29. The van der Waals surface area contributed by atoms with Gasteiger partial charge in [0.25, 0.3) is 0 Å². The second-order valence-corrected chi connectivity index (χ2v) is 5.18. The Balaban J connectivity index is 1.84. The minimum Gasteiger partial charge on any atom is -0.462 e. The molecule has 0 bridgehead atoms. The van der Waals surface area contributed by atoms with Gasteiger partial charge in [0, 0.05) is 25.2 Å². The minimum atomic E-state index is -0.102. The number of benzene rings is 1. The van der Waals surface area contributed by atoms with Crippen LogP contribution in [-0.4, -0.2) is 24.0 Å². The number of hydrogen-bond acceptors (Lipinski definition) is 3. The van der Waals surface area contributed by atoms with Crippen molar-refractivity contribution >= 4 is 5.97 Å². The summed E-state index contributed by atoms with van der Waals surface area (Å²) < 4.78 is 5.09. The molecule has 2 saturated heterocycles. The third kappa shape index (κ3) is 2.65. The number of hydrogen-bond donors (Lipinski definition) is 0. The molecule has 1 aromatic carbocycles. The predicted octanol–water partition coefficient (Wildman–Crippen LogP) is 2.87. The molecule has 2 aliphatic rings. The van der Waals surface area contributed by atoms with Crippen LogP contribution in [0.4, 0.5) is 0 Å². The number of likely N-dealkylation sites (tertiary alicyclic amines) is 1. The normalized spacial score (nSPS) is 23.6. The third-order valence-electron chi connectivity index (χ3n) is 3.87. The van der Waals surface area contributed by atoms with Gasteiger partial charge in [-0.1, -0.05) is 30.3 Å². The molecule has 3 nitrogen and oxygen atoms in total. The largest absolute Gasteiger partial charge is 0.462 e. The summed E-state index contributed by atoms with van der Waals surface area (Å²) in [7, 11) is 0. The molecule has 0 spiro atoms. The van der Waals surface area contributed by atoms with Crippen molar-refractivity contribution in [2.24, 2.45) is 0 Å². The van der Waals surface area contributed by atoms with Crippen LogP contribution in [0.15, 0.2) is 41.6 Å². The first-order chi connectivity index (χ1) is 9.34. The molecule has 0 aromatic heterocycles. The Labute approximate surface area is 113 Å². The minimum absolute atomic E-state index is 0.102. The van der Waals surface area contributed by atoms with Gasteiger partial charge in [-0.3, -0.25) is 0 Å². The zero-order valence-corrected chi connectivity index (χ0v) is 11.1. The smallest absolute Gasteiger partial charge is 0.335 e. The average molecular weight is 257 g/mol. The van der Waals surface area contributed by atoms with E-state index in [1.54, 1.807) is 0 Å². The summed E-state index contributed by atoms with van der Waals surface area (Å²) in [4.78, 5) is 14.1. The maximum atomic E-state index is 11.8. The van der Waals surface area contributed by atoms with Crippen LogP contribution in [0.1, 0.15) is 31.2 Å². The van der Waals surface area contributed by atoms with Gasteiger partial charge < -0.3 is 9.64 Å². The first kappa shape index (κ1) is 12.3. The first-order valence-corrected chi connectivity index (χ1v) is 7.02. The molecule has 3 rings (SSSR count). The van der Waals surface area contributed by atoms with Gasteiger partial charge in [-0.15, -0.1) is 0 Å². The van der Waals surface area contributed by atoms with Gasteiger partial charge in [-0.25, -0.2) is 4.79 Å². The lowest BCUT2D eigenvalue weighted by molar-refractivity contribution is -0.135. The number of cyclic esters (lactones) is 1. The van der Waals surface area contributed by atoms with Gasteiger partial charge in [-0.05, 0) is 24.8 Å². The van der Waals surface area contributed by atoms with Crippen LogP contribution in [0.5, 0.6) is 0 Å². The Morgan fingerprint density at radius 3 is 2.68 bits per heavy atom. The molecule has 2 aliphatic heterocycles. The highest BCUT2D eigenvalue weighted by molar-refractivity contribution is 5.91. The summed E-state index contributed by atoms with van der Waals surface area (Å²) in [6, 6.07) is 10.5. The van der Waals surface area contributed by atoms with Gasteiger partial charge in [0.2, 0.25) is 0 Å². The van der Waals surface area contributed by atoms with Crippen molar-refractivity contribution in [3.05, 3.63) is 47.2 Å². The van der Waals surface area contributed by atoms with Crippen molar-refractivity contribution in [2.75, 3.05) is 13.2 Å². The van der Waals surface area contributed by atoms with Crippen molar-refractivity contribution in [3.63, 3.8) is 0 Å². The van der Waals surface area contributed by atoms with Gasteiger partial charge >= 0.3 is 5.97 Å². The van der Waals surface area contributed by atoms with E-state index >= 15 is 0 Å². The number of piperidine rings is 1. The van der Waals surface area contributed by atoms with Crippen LogP contribution in [0.3, 0.4) is 0 Å². The van der Waals surface area contributed by atoms with Crippen molar-refractivity contribution < 1.29 is 9.53 Å². The second-order valence-electron chi connectivity index (χ2n) is 5.18. The molecule has 19 heavy (non-hydrogen) atoms. The van der Waals surface area contributed by atoms with E-state index in [1.165, 1.54) is 24.1 Å². The molecule has 0 atom stereocenters. The summed E-state index contributed by atoms with van der Waals surface area (Å²) in [6.45, 7) is 2.49. The van der Waals surface area contributed by atoms with Crippen LogP contribution in [0, 0.1) is 0 Å². The molecule has 2 fully saturated rings. The lowest BCUT2D eigenvalue weighted by atomic mass is 10.0. The number of rotatable bonds is 2. The lowest BCUT2D eigenvalue weighted by Gasteiger charge is -2.32. The monoisotopic (exact) mass is 257 g/mol. The van der Waals surface area contributed by atoms with E-state index in [1.807, 2.05) is 6.07 Å². The summed E-state index contributed by atoms with van der Waals surface area (Å²) in [5.41, 5.74) is 3.43. The Bertz CT molecular complexity index is 493. The summed E-state index contributed by atoms with van der Waals surface area (Å²) >= 11 is 0. The number of carbonyl (C=O) groups is 1. The molecule has 0 aliphatic carbocycles. The number of ether oxygens (including phenoxy) is 1. The highest BCUT2D eigenvalue weighted by atomic mass is 16.5. The standard InChI is InChI=1S/C16H19NO2/c18-16-14(9-11-19-16)15-8-4-5-10-17(15)12-13-6-2-1-3-7-13/h1-3,6-7H,4-5,8-12H2/b15-14-. The topological polar surface area (TPSA) is 29.5 Å². The second kappa shape index (κ2) is 5.47. The van der Waals surface area contributed by atoms with Gasteiger partial charge in [0.1, 0.15) is 0 Å². The molecular formula is C16H19NO2. The molecule has 0 radical (unpaired) electrons. The maximum absolute atomic E-state index is 11.8. The zero-order valence-electron chi connectivity index (χ0n) is 11.1. The molecule has 100 valence electrons. The highest BCUT2D eigenvalue weighted by Crippen LogP contribution is 2.29. The molecule has 0 unspecified atom stereocenters. The van der Waals surface area contributed by atoms with Crippen LogP contribution in [0.25, 0.3) is 0 Å². The van der Waals surface area contributed by atoms with Crippen molar-refractivity contribution in [3.8, 4) is 0 Å². The van der Waals surface area contributed by atoms with Crippen LogP contribution >= 0.6 is 0 Å². The molecule has 0 saturated carbocycles. The van der Waals surface area contributed by atoms with Crippen molar-refractivity contribution in [1.82, 2.24) is 4.90 Å². The highest BCUT2D eigenvalue weighted by Gasteiger charge is 2.27. The number of esters is 1. The number of allylic oxidation sites excluding steroid dienone is 1. The van der Waals surface area contributed by atoms with E-state index in [4.69, 9.17) is 4.74 Å². The molecule has 2 heterocycles. The summed E-state index contributed by atoms with van der Waals surface area (Å²) in [5.74, 6) is -0.102. The van der Waals surface area contributed by atoms with E-state index < -0.39 is 0 Å². The fraction of sp³-hybridized carbons (Fsp3) is 0.438. The Morgan fingerprint density at radius 1 is 1.11 bits per heavy atom. The van der Waals surface area contributed by atoms with Crippen LogP contribution < -0.4 is 0 Å². The predicted molar refractivity (Wildman–Crippen MR) is 73.3 cm³/mol. The molecule has 3 heteroatoms. The SMILES string of the molecule is O=C1OCC/C1=C1\CCCCN1Cc1ccccc1. The van der Waals surface area contributed by atoms with Crippen LogP contribution in [0.2, 0.25) is 0 Å². The Hall–Kier alpha value is -1.77. The van der Waals surface area contributed by atoms with E-state index in [2.05, 4.69) is 29.2 Å². The summed E-state index contributed by atoms with van der Waals surface area (Å²) in [5, 5.41) is 0. The van der Waals surface area contributed by atoms with E-state index in [0.29, 0.717) is 6.61 Å². The van der Waals surface area contributed by atoms with Gasteiger partial charge in [0.05, 0.1) is 12.2 Å². The molecule has 1 aromatic rings. The van der Waals surface area contributed by atoms with Crippen LogP contribution in [-0.2, 0) is 16.1 Å². The first-order valence-electron chi connectivity index (χ1n) is 7.02. The van der Waals surface area contributed by atoms with Crippen molar-refractivity contribution in [2.45, 2.75) is 32.2 Å². The molecule has 0 N–H and O–H groups in total. The maximum Gasteiger partial charge on any atom is 0.335 e. The van der Waals surface area contributed by atoms with Crippen molar-refractivity contribution in [1.29, 1.82) is 0 Å². The number of carbonyl (C=O) groups excluding carboxylic acids is 1. The Kier molecular flexibility index (Phi) is 3.53. The van der Waals surface area contributed by atoms with Gasteiger partial charge in [0.15, 0.2) is 0 Å². The molecular weight excluding hydrogens is 238 g/mol. The van der Waals surface area contributed by atoms with E-state index in [9.17, 15) is 4.79 Å². The van der Waals surface area contributed by atoms with Gasteiger partial charge in [-0.2, -0.15) is 0 Å². The van der Waals surface area contributed by atoms with E-state index in [0.717, 1.165) is 31.5 Å². The summed E-state index contributed by atoms with van der Waals surface area (Å²) in [6.07, 6.45) is 4.17.